The molecule has 8 nitrogen and oxygen atoms in total. The molecule has 3 heterocycles. The first-order valence-electron chi connectivity index (χ1n) is 10.3. The summed E-state index contributed by atoms with van der Waals surface area (Å²) in [5.41, 5.74) is 0.147. The molecule has 2 aliphatic heterocycles. The van der Waals surface area contributed by atoms with Gasteiger partial charge in [-0.05, 0) is 43.0 Å². The number of halogens is 3. The van der Waals surface area contributed by atoms with Gasteiger partial charge in [-0.15, -0.1) is 0 Å². The summed E-state index contributed by atoms with van der Waals surface area (Å²) in [6.07, 6.45) is 2.95. The Morgan fingerprint density at radius 1 is 1.28 bits per heavy atom. The average Bonchev–Trinajstić information content (AvgIpc) is 3.16. The lowest BCUT2D eigenvalue weighted by atomic mass is 10.0. The van der Waals surface area contributed by atoms with Crippen LogP contribution in [0, 0.1) is 5.92 Å². The fraction of sp³-hybridized carbons (Fsp3) is 0.500. The Morgan fingerprint density at radius 3 is 2.66 bits per heavy atom. The predicted octanol–water partition coefficient (Wildman–Crippen LogP) is 2.75. The number of hydrogen-bond donors (Lipinski definition) is 1. The minimum atomic E-state index is -4.05. The summed E-state index contributed by atoms with van der Waals surface area (Å²) >= 11 is 6.24. The fourth-order valence-corrected chi connectivity index (χ4v) is 5.44. The van der Waals surface area contributed by atoms with Crippen LogP contribution in [0.2, 0.25) is 5.02 Å². The minimum Gasteiger partial charge on any atom is -0.382 e. The molecule has 1 aromatic carbocycles. The summed E-state index contributed by atoms with van der Waals surface area (Å²) in [4.78, 5) is 12.6. The highest BCUT2D eigenvalue weighted by molar-refractivity contribution is 7.89. The average molecular weight is 489 g/mol. The van der Waals surface area contributed by atoms with Gasteiger partial charge in [0.05, 0.1) is 35.6 Å². The molecule has 0 amide bonds. The van der Waals surface area contributed by atoms with Crippen LogP contribution in [0.1, 0.15) is 19.3 Å². The van der Waals surface area contributed by atoms with Crippen LogP contribution in [0.15, 0.2) is 40.2 Å². The van der Waals surface area contributed by atoms with Crippen molar-refractivity contribution in [2.75, 3.05) is 38.2 Å². The number of nitrogens with one attached hydrogen (secondary N) is 1. The van der Waals surface area contributed by atoms with E-state index < -0.39 is 34.5 Å². The highest BCUT2D eigenvalue weighted by Crippen LogP contribution is 2.31. The molecule has 1 aromatic heterocycles. The Hall–Kier alpha value is -2.08. The van der Waals surface area contributed by atoms with Crippen molar-refractivity contribution in [3.63, 3.8) is 0 Å². The second-order valence-corrected chi connectivity index (χ2v) is 10.3. The van der Waals surface area contributed by atoms with Gasteiger partial charge in [-0.3, -0.25) is 4.79 Å². The lowest BCUT2D eigenvalue weighted by Gasteiger charge is -2.22. The number of anilines is 1. The molecule has 174 valence electrons. The molecule has 0 saturated carbocycles. The molecule has 0 spiro atoms. The van der Waals surface area contributed by atoms with Crippen molar-refractivity contribution in [2.45, 2.75) is 30.1 Å². The topological polar surface area (TPSA) is 93.5 Å². The van der Waals surface area contributed by atoms with Gasteiger partial charge in [-0.1, -0.05) is 11.6 Å². The Bertz CT molecular complexity index is 1140. The van der Waals surface area contributed by atoms with Gasteiger partial charge >= 0.3 is 0 Å². The number of hydrogen-bond acceptors (Lipinski definition) is 6. The standard InChI is InChI=1S/C20H23ClF2N4O4S/c21-18-17(24-10-14-2-1-9-31-12-14)11-25-27(19(18)28)15-3-5-16(6-4-15)32(29,30)26-8-7-20(22,23)13-26/h3-6,11,14,24H,1-2,7-10,12-13H2. The zero-order valence-corrected chi connectivity index (χ0v) is 18.7. The Kier molecular flexibility index (Phi) is 6.53. The first-order chi connectivity index (χ1) is 15.2. The van der Waals surface area contributed by atoms with Crippen LogP contribution >= 0.6 is 11.6 Å². The van der Waals surface area contributed by atoms with E-state index >= 15 is 0 Å². The maximum atomic E-state index is 13.4. The summed E-state index contributed by atoms with van der Waals surface area (Å²) in [6, 6.07) is 5.30. The number of ether oxygens (including phenoxy) is 1. The molecule has 2 aliphatic rings. The van der Waals surface area contributed by atoms with Crippen LogP contribution in [0.25, 0.3) is 5.69 Å². The van der Waals surface area contributed by atoms with Crippen molar-refractivity contribution >= 4 is 27.3 Å². The first-order valence-corrected chi connectivity index (χ1v) is 12.1. The second kappa shape index (κ2) is 9.05. The normalized spacial score (nSPS) is 21.5. The molecule has 12 heteroatoms. The third-order valence-electron chi connectivity index (χ3n) is 5.61. The molecule has 4 rings (SSSR count). The van der Waals surface area contributed by atoms with Crippen molar-refractivity contribution in [1.82, 2.24) is 14.1 Å². The zero-order chi connectivity index (χ0) is 22.9. The highest BCUT2D eigenvalue weighted by atomic mass is 35.5. The van der Waals surface area contributed by atoms with E-state index in [1.807, 2.05) is 0 Å². The van der Waals surface area contributed by atoms with Gasteiger partial charge < -0.3 is 10.1 Å². The third kappa shape index (κ3) is 4.80. The van der Waals surface area contributed by atoms with Gasteiger partial charge in [0.15, 0.2) is 0 Å². The quantitative estimate of drug-likeness (QED) is 0.672. The van der Waals surface area contributed by atoms with Crippen LogP contribution in [-0.4, -0.2) is 61.3 Å². The van der Waals surface area contributed by atoms with E-state index in [9.17, 15) is 22.0 Å². The molecule has 0 aliphatic carbocycles. The van der Waals surface area contributed by atoms with Gasteiger partial charge in [0.1, 0.15) is 5.02 Å². The molecule has 0 radical (unpaired) electrons. The van der Waals surface area contributed by atoms with Gasteiger partial charge in [0.2, 0.25) is 10.0 Å². The Balaban J connectivity index is 1.50. The molecule has 0 bridgehead atoms. The fourth-order valence-electron chi connectivity index (χ4n) is 3.78. The van der Waals surface area contributed by atoms with Crippen molar-refractivity contribution < 1.29 is 21.9 Å². The number of alkyl halides is 2. The number of sulfonamides is 1. The maximum absolute atomic E-state index is 13.4. The molecule has 2 fully saturated rings. The summed E-state index contributed by atoms with van der Waals surface area (Å²) in [5, 5.41) is 7.23. The van der Waals surface area contributed by atoms with Gasteiger partial charge in [-0.2, -0.15) is 14.1 Å². The van der Waals surface area contributed by atoms with E-state index in [1.54, 1.807) is 0 Å². The molecule has 1 N–H and O–H groups in total. The maximum Gasteiger partial charge on any atom is 0.292 e. The lowest BCUT2D eigenvalue weighted by Crippen LogP contribution is -2.31. The van der Waals surface area contributed by atoms with Crippen molar-refractivity contribution in [3.05, 3.63) is 45.8 Å². The Morgan fingerprint density at radius 2 is 2.03 bits per heavy atom. The van der Waals surface area contributed by atoms with Crippen molar-refractivity contribution in [2.24, 2.45) is 5.92 Å². The summed E-state index contributed by atoms with van der Waals surface area (Å²) in [7, 11) is -4.05. The SMILES string of the molecule is O=c1c(Cl)c(NCC2CCCOC2)cnn1-c1ccc(S(=O)(=O)N2CCC(F)(F)C2)cc1. The number of aromatic nitrogens is 2. The number of benzene rings is 1. The molecule has 2 aromatic rings. The second-order valence-electron chi connectivity index (χ2n) is 7.99. The predicted molar refractivity (Wildman–Crippen MR) is 115 cm³/mol. The summed E-state index contributed by atoms with van der Waals surface area (Å²) < 4.78 is 59.3. The molecule has 1 unspecified atom stereocenters. The number of rotatable bonds is 6. The number of nitrogens with zero attached hydrogens (tertiary/aromatic N) is 3. The monoisotopic (exact) mass is 488 g/mol. The molecule has 1 atom stereocenters. The van der Waals surface area contributed by atoms with E-state index in [4.69, 9.17) is 16.3 Å². The largest absolute Gasteiger partial charge is 0.382 e. The van der Waals surface area contributed by atoms with E-state index in [0.717, 1.165) is 28.4 Å². The smallest absolute Gasteiger partial charge is 0.292 e. The van der Waals surface area contributed by atoms with Crippen LogP contribution in [0.4, 0.5) is 14.5 Å². The Labute approximate surface area is 189 Å². The van der Waals surface area contributed by atoms with Crippen molar-refractivity contribution in [1.29, 1.82) is 0 Å². The lowest BCUT2D eigenvalue weighted by molar-refractivity contribution is 0.0183. The molecular weight excluding hydrogens is 466 g/mol. The zero-order valence-electron chi connectivity index (χ0n) is 17.1. The third-order valence-corrected chi connectivity index (χ3v) is 7.83. The van der Waals surface area contributed by atoms with E-state index in [1.165, 1.54) is 30.5 Å². The van der Waals surface area contributed by atoms with Crippen LogP contribution in [0.3, 0.4) is 0 Å². The van der Waals surface area contributed by atoms with Gasteiger partial charge in [0, 0.05) is 26.1 Å². The molecule has 2 saturated heterocycles. The van der Waals surface area contributed by atoms with Crippen LogP contribution in [-0.2, 0) is 14.8 Å². The minimum absolute atomic E-state index is 0.0345. The molecular formula is C20H23ClF2N4O4S. The van der Waals surface area contributed by atoms with E-state index in [0.29, 0.717) is 30.4 Å². The summed E-state index contributed by atoms with van der Waals surface area (Å²) in [5.74, 6) is -2.70. The van der Waals surface area contributed by atoms with Crippen LogP contribution in [0.5, 0.6) is 0 Å². The highest BCUT2D eigenvalue weighted by Gasteiger charge is 2.43. The van der Waals surface area contributed by atoms with Crippen LogP contribution < -0.4 is 10.9 Å². The first kappa shape index (κ1) is 23.1. The van der Waals surface area contributed by atoms with E-state index in [-0.39, 0.29) is 16.5 Å². The summed E-state index contributed by atoms with van der Waals surface area (Å²) in [6.45, 7) is 0.941. The van der Waals surface area contributed by atoms with Gasteiger partial charge in [0.25, 0.3) is 11.5 Å². The molecule has 32 heavy (non-hydrogen) atoms. The van der Waals surface area contributed by atoms with Gasteiger partial charge in [-0.25, -0.2) is 17.2 Å². The van der Waals surface area contributed by atoms with Crippen molar-refractivity contribution in [3.8, 4) is 5.69 Å². The van der Waals surface area contributed by atoms with E-state index in [2.05, 4.69) is 10.4 Å².